The van der Waals surface area contributed by atoms with Gasteiger partial charge in [0.05, 0.1) is 29.8 Å². The zero-order chi connectivity index (χ0) is 15.6. The predicted octanol–water partition coefficient (Wildman–Crippen LogP) is -0.0684. The molecule has 0 saturated carbocycles. The third kappa shape index (κ3) is 3.40. The maximum absolute atomic E-state index is 11.6. The molecule has 2 rings (SSSR count). The number of ether oxygens (including phenoxy) is 1. The second kappa shape index (κ2) is 6.23. The van der Waals surface area contributed by atoms with E-state index < -0.39 is 11.0 Å². The van der Waals surface area contributed by atoms with Crippen LogP contribution in [-0.2, 0) is 22.8 Å². The maximum atomic E-state index is 11.6. The van der Waals surface area contributed by atoms with Crippen LogP contribution in [0.25, 0.3) is 5.57 Å². The molecule has 2 unspecified atom stereocenters. The molecule has 0 saturated heterocycles. The number of methoxy groups -OCH3 is 1. The Hall–Kier alpha value is -1.93. The van der Waals surface area contributed by atoms with E-state index in [-0.39, 0.29) is 17.4 Å². The highest BCUT2D eigenvalue weighted by Crippen LogP contribution is 2.26. The van der Waals surface area contributed by atoms with Gasteiger partial charge in [0.25, 0.3) is 5.56 Å². The Morgan fingerprint density at radius 2 is 2.24 bits per heavy atom. The highest BCUT2D eigenvalue weighted by atomic mass is 32.2. The van der Waals surface area contributed by atoms with Gasteiger partial charge in [0.1, 0.15) is 5.76 Å². The number of aromatic nitrogens is 2. The van der Waals surface area contributed by atoms with E-state index in [1.165, 1.54) is 4.57 Å². The van der Waals surface area contributed by atoms with Crippen molar-refractivity contribution in [2.24, 2.45) is 7.05 Å². The number of allylic oxidation sites excluding steroid dienone is 2. The van der Waals surface area contributed by atoms with Gasteiger partial charge < -0.3 is 15.0 Å². The first kappa shape index (κ1) is 15.5. The Kier molecular flexibility index (Phi) is 4.59. The van der Waals surface area contributed by atoms with Crippen molar-refractivity contribution in [3.63, 3.8) is 0 Å². The molecule has 0 spiro atoms. The lowest BCUT2D eigenvalue weighted by molar-refractivity contribution is 0.259. The van der Waals surface area contributed by atoms with Crippen LogP contribution in [0.3, 0.4) is 0 Å². The van der Waals surface area contributed by atoms with Gasteiger partial charge in [-0.25, -0.2) is 13.9 Å². The molecule has 0 bridgehead atoms. The minimum atomic E-state index is -1.17. The molecule has 0 radical (unpaired) electrons. The van der Waals surface area contributed by atoms with E-state index in [2.05, 4.69) is 9.71 Å². The van der Waals surface area contributed by atoms with Gasteiger partial charge in [0.2, 0.25) is 0 Å². The van der Waals surface area contributed by atoms with Crippen LogP contribution in [0.2, 0.25) is 0 Å². The SMILES string of the molecule is COC1=CC=C(c2cn(C)c(=O)c(N)n2)CC1NS(C)=O. The summed E-state index contributed by atoms with van der Waals surface area (Å²) in [7, 11) is 2.03. The van der Waals surface area contributed by atoms with Crippen LogP contribution in [0.4, 0.5) is 5.82 Å². The molecule has 114 valence electrons. The van der Waals surface area contributed by atoms with Gasteiger partial charge in [0, 0.05) is 19.5 Å². The van der Waals surface area contributed by atoms with Crippen molar-refractivity contribution in [3.8, 4) is 0 Å². The van der Waals surface area contributed by atoms with E-state index in [4.69, 9.17) is 10.5 Å². The van der Waals surface area contributed by atoms with E-state index in [0.29, 0.717) is 17.9 Å². The second-order valence-electron chi connectivity index (χ2n) is 4.72. The number of rotatable bonds is 4. The van der Waals surface area contributed by atoms with Crippen molar-refractivity contribution in [2.45, 2.75) is 12.5 Å². The molecule has 3 N–H and O–H groups in total. The number of hydrogen-bond acceptors (Lipinski definition) is 5. The third-order valence-corrected chi connectivity index (χ3v) is 3.80. The Balaban J connectivity index is 2.37. The van der Waals surface area contributed by atoms with Crippen molar-refractivity contribution < 1.29 is 8.95 Å². The van der Waals surface area contributed by atoms with Crippen LogP contribution < -0.4 is 16.0 Å². The van der Waals surface area contributed by atoms with Gasteiger partial charge in [-0.1, -0.05) is 6.08 Å². The van der Waals surface area contributed by atoms with Crippen molar-refractivity contribution in [1.29, 1.82) is 0 Å². The molecule has 1 aliphatic rings. The van der Waals surface area contributed by atoms with Crippen LogP contribution in [0.5, 0.6) is 0 Å². The van der Waals surface area contributed by atoms with Crippen molar-refractivity contribution in [3.05, 3.63) is 40.2 Å². The average molecular weight is 310 g/mol. The van der Waals surface area contributed by atoms with Crippen LogP contribution >= 0.6 is 0 Å². The molecule has 1 aromatic heterocycles. The van der Waals surface area contributed by atoms with Crippen LogP contribution in [-0.4, -0.2) is 33.2 Å². The first-order valence-electron chi connectivity index (χ1n) is 6.30. The summed E-state index contributed by atoms with van der Waals surface area (Å²) < 4.78 is 21.0. The number of nitrogens with one attached hydrogen (secondary N) is 1. The topological polar surface area (TPSA) is 99.2 Å². The standard InChI is InChI=1S/C13H18N4O3S/c1-17-7-10(15-12(14)13(17)18)8-4-5-11(20-2)9(6-8)16-21(3)19/h4-5,7,9,16H,6H2,1-3H3,(H2,14,15). The molecule has 2 atom stereocenters. The lowest BCUT2D eigenvalue weighted by atomic mass is 9.97. The minimum absolute atomic E-state index is 0.0407. The molecule has 1 aromatic rings. The molecule has 0 aromatic carbocycles. The van der Waals surface area contributed by atoms with Crippen LogP contribution in [0, 0.1) is 0 Å². The zero-order valence-electron chi connectivity index (χ0n) is 12.1. The molecule has 7 nitrogen and oxygen atoms in total. The first-order valence-corrected chi connectivity index (χ1v) is 7.86. The van der Waals surface area contributed by atoms with Gasteiger partial charge in [-0.05, 0) is 18.1 Å². The molecular weight excluding hydrogens is 292 g/mol. The summed E-state index contributed by atoms with van der Waals surface area (Å²) in [6.45, 7) is 0. The van der Waals surface area contributed by atoms with Gasteiger partial charge in [-0.2, -0.15) is 0 Å². The number of anilines is 1. The normalized spacial score (nSPS) is 19.7. The Morgan fingerprint density at radius 1 is 1.52 bits per heavy atom. The summed E-state index contributed by atoms with van der Waals surface area (Å²) in [5, 5.41) is 0. The van der Waals surface area contributed by atoms with Gasteiger partial charge in [-0.3, -0.25) is 4.79 Å². The largest absolute Gasteiger partial charge is 0.499 e. The fraction of sp³-hybridized carbons (Fsp3) is 0.385. The number of nitrogens with two attached hydrogens (primary N) is 1. The van der Waals surface area contributed by atoms with Crippen molar-refractivity contribution in [2.75, 3.05) is 19.1 Å². The number of hydrogen-bond donors (Lipinski definition) is 2. The summed E-state index contributed by atoms with van der Waals surface area (Å²) in [5.41, 5.74) is 6.80. The Bertz CT molecular complexity index is 667. The smallest absolute Gasteiger partial charge is 0.292 e. The highest BCUT2D eigenvalue weighted by Gasteiger charge is 2.23. The zero-order valence-corrected chi connectivity index (χ0v) is 12.9. The quantitative estimate of drug-likeness (QED) is 0.811. The highest BCUT2D eigenvalue weighted by molar-refractivity contribution is 7.82. The summed E-state index contributed by atoms with van der Waals surface area (Å²) in [6.07, 6.45) is 7.40. The first-order chi connectivity index (χ1) is 9.92. The number of aryl methyl sites for hydroxylation is 1. The molecule has 8 heteroatoms. The molecule has 0 fully saturated rings. The summed E-state index contributed by atoms with van der Waals surface area (Å²) in [5.74, 6) is 0.660. The summed E-state index contributed by atoms with van der Waals surface area (Å²) >= 11 is 0. The fourth-order valence-electron chi connectivity index (χ4n) is 2.17. The second-order valence-corrected chi connectivity index (χ2v) is 5.87. The van der Waals surface area contributed by atoms with E-state index in [1.54, 1.807) is 32.7 Å². The molecule has 0 amide bonds. The predicted molar refractivity (Wildman–Crippen MR) is 82.6 cm³/mol. The Morgan fingerprint density at radius 3 is 2.81 bits per heavy atom. The van der Waals surface area contributed by atoms with E-state index in [9.17, 15) is 9.00 Å². The lowest BCUT2D eigenvalue weighted by Gasteiger charge is -2.24. The van der Waals surface area contributed by atoms with Crippen molar-refractivity contribution >= 4 is 22.4 Å². The van der Waals surface area contributed by atoms with Crippen LogP contribution in [0.1, 0.15) is 12.1 Å². The summed E-state index contributed by atoms with van der Waals surface area (Å²) in [6, 6.07) is -0.207. The minimum Gasteiger partial charge on any atom is -0.499 e. The molecular formula is C13H18N4O3S. The number of nitrogens with zero attached hydrogens (tertiary/aromatic N) is 2. The van der Waals surface area contributed by atoms with Crippen LogP contribution in [0.15, 0.2) is 28.9 Å². The van der Waals surface area contributed by atoms with Gasteiger partial charge in [-0.15, -0.1) is 0 Å². The third-order valence-electron chi connectivity index (χ3n) is 3.19. The maximum Gasteiger partial charge on any atom is 0.292 e. The summed E-state index contributed by atoms with van der Waals surface area (Å²) in [4.78, 5) is 15.7. The Labute approximate surface area is 125 Å². The fourth-order valence-corrected chi connectivity index (χ4v) is 2.77. The molecule has 0 aliphatic heterocycles. The molecule has 21 heavy (non-hydrogen) atoms. The van der Waals surface area contributed by atoms with Crippen molar-refractivity contribution in [1.82, 2.24) is 14.3 Å². The lowest BCUT2D eigenvalue weighted by Crippen LogP contribution is -2.34. The van der Waals surface area contributed by atoms with E-state index >= 15 is 0 Å². The number of nitrogen functional groups attached to an aromatic ring is 1. The van der Waals surface area contributed by atoms with Gasteiger partial charge >= 0.3 is 0 Å². The average Bonchev–Trinajstić information content (AvgIpc) is 2.43. The van der Waals surface area contributed by atoms with E-state index in [0.717, 1.165) is 5.57 Å². The molecule has 1 heterocycles. The molecule has 1 aliphatic carbocycles. The van der Waals surface area contributed by atoms with Gasteiger partial charge in [0.15, 0.2) is 5.82 Å². The van der Waals surface area contributed by atoms with E-state index in [1.807, 2.05) is 6.08 Å². The monoisotopic (exact) mass is 310 g/mol.